The van der Waals surface area contributed by atoms with E-state index in [1.54, 1.807) is 0 Å². The zero-order valence-electron chi connectivity index (χ0n) is 15.8. The molecular formula is C26H15ClN2O. The average molecular weight is 407 g/mol. The smallest absolute Gasteiger partial charge is 0.136 e. The van der Waals surface area contributed by atoms with Crippen molar-refractivity contribution in [3.8, 4) is 22.5 Å². The molecule has 0 amide bonds. The number of furan rings is 1. The molecule has 2 aromatic heterocycles. The molecule has 3 nitrogen and oxygen atoms in total. The lowest BCUT2D eigenvalue weighted by Gasteiger charge is -2.10. The van der Waals surface area contributed by atoms with Gasteiger partial charge in [0.05, 0.1) is 22.4 Å². The van der Waals surface area contributed by atoms with Crippen molar-refractivity contribution in [2.75, 3.05) is 0 Å². The van der Waals surface area contributed by atoms with E-state index in [1.807, 2.05) is 66.7 Å². The SMILES string of the molecule is Clc1ccc2c(c1)oc1cc(-c3nc4ccccc4nc3-c3ccccc3)ccc12. The quantitative estimate of drug-likeness (QED) is 0.298. The van der Waals surface area contributed by atoms with Gasteiger partial charge in [-0.3, -0.25) is 0 Å². The predicted octanol–water partition coefficient (Wildman–Crippen LogP) is 7.52. The van der Waals surface area contributed by atoms with Crippen molar-refractivity contribution < 1.29 is 4.42 Å². The highest BCUT2D eigenvalue weighted by atomic mass is 35.5. The summed E-state index contributed by atoms with van der Waals surface area (Å²) in [7, 11) is 0. The van der Waals surface area contributed by atoms with Crippen LogP contribution in [-0.2, 0) is 0 Å². The molecule has 0 saturated heterocycles. The van der Waals surface area contributed by atoms with Gasteiger partial charge in [0.2, 0.25) is 0 Å². The Morgan fingerprint density at radius 1 is 0.567 bits per heavy atom. The number of fused-ring (bicyclic) bond motifs is 4. The highest BCUT2D eigenvalue weighted by Gasteiger charge is 2.15. The molecule has 0 aliphatic carbocycles. The molecule has 0 saturated carbocycles. The van der Waals surface area contributed by atoms with Gasteiger partial charge in [0.25, 0.3) is 0 Å². The second-order valence-corrected chi connectivity index (χ2v) is 7.67. The third-order valence-electron chi connectivity index (χ3n) is 5.33. The van der Waals surface area contributed by atoms with Gasteiger partial charge in [-0.2, -0.15) is 0 Å². The van der Waals surface area contributed by atoms with E-state index < -0.39 is 0 Å². The van der Waals surface area contributed by atoms with Crippen molar-refractivity contribution in [3.63, 3.8) is 0 Å². The van der Waals surface area contributed by atoms with Gasteiger partial charge in [-0.05, 0) is 36.4 Å². The molecule has 0 aliphatic heterocycles. The maximum absolute atomic E-state index is 6.14. The van der Waals surface area contributed by atoms with Crippen molar-refractivity contribution in [2.24, 2.45) is 0 Å². The Morgan fingerprint density at radius 2 is 1.17 bits per heavy atom. The van der Waals surface area contributed by atoms with Crippen LogP contribution < -0.4 is 0 Å². The Kier molecular flexibility index (Phi) is 3.83. The average Bonchev–Trinajstić information content (AvgIpc) is 3.15. The Bertz CT molecular complexity index is 1550. The van der Waals surface area contributed by atoms with E-state index in [1.165, 1.54) is 0 Å². The van der Waals surface area contributed by atoms with E-state index in [2.05, 4.69) is 24.3 Å². The monoisotopic (exact) mass is 406 g/mol. The number of hydrogen-bond acceptors (Lipinski definition) is 3. The van der Waals surface area contributed by atoms with Crippen molar-refractivity contribution in [1.82, 2.24) is 9.97 Å². The molecule has 0 atom stereocenters. The van der Waals surface area contributed by atoms with Crippen molar-refractivity contribution in [3.05, 3.63) is 96.0 Å². The molecule has 2 heterocycles. The van der Waals surface area contributed by atoms with E-state index in [0.717, 1.165) is 55.5 Å². The zero-order chi connectivity index (χ0) is 20.1. The van der Waals surface area contributed by atoms with Crippen LogP contribution in [0, 0.1) is 0 Å². The number of hydrogen-bond donors (Lipinski definition) is 0. The van der Waals surface area contributed by atoms with Gasteiger partial charge >= 0.3 is 0 Å². The van der Waals surface area contributed by atoms with Crippen LogP contribution in [0.5, 0.6) is 0 Å². The highest BCUT2D eigenvalue weighted by molar-refractivity contribution is 6.31. The van der Waals surface area contributed by atoms with Crippen LogP contribution in [0.15, 0.2) is 95.4 Å². The number of nitrogens with zero attached hydrogens (tertiary/aromatic N) is 2. The minimum absolute atomic E-state index is 0.661. The Hall–Kier alpha value is -3.69. The third kappa shape index (κ3) is 2.75. The Morgan fingerprint density at radius 3 is 1.90 bits per heavy atom. The second kappa shape index (κ2) is 6.68. The summed E-state index contributed by atoms with van der Waals surface area (Å²) in [6.07, 6.45) is 0. The minimum Gasteiger partial charge on any atom is -0.456 e. The lowest BCUT2D eigenvalue weighted by Crippen LogP contribution is -1.95. The molecular weight excluding hydrogens is 392 g/mol. The summed E-state index contributed by atoms with van der Waals surface area (Å²) in [6.45, 7) is 0. The van der Waals surface area contributed by atoms with E-state index in [-0.39, 0.29) is 0 Å². The summed E-state index contributed by atoms with van der Waals surface area (Å²) in [5.41, 5.74) is 7.00. The molecule has 4 aromatic carbocycles. The maximum atomic E-state index is 6.14. The molecule has 142 valence electrons. The van der Waals surface area contributed by atoms with Gasteiger partial charge in [-0.15, -0.1) is 0 Å². The summed E-state index contributed by atoms with van der Waals surface area (Å²) < 4.78 is 6.10. The number of rotatable bonds is 2. The summed E-state index contributed by atoms with van der Waals surface area (Å²) in [5, 5.41) is 2.77. The largest absolute Gasteiger partial charge is 0.456 e. The molecule has 0 N–H and O–H groups in total. The van der Waals surface area contributed by atoms with Gasteiger partial charge in [0, 0.05) is 33.0 Å². The number of aromatic nitrogens is 2. The molecule has 0 spiro atoms. The van der Waals surface area contributed by atoms with Crippen LogP contribution in [0.3, 0.4) is 0 Å². The molecule has 30 heavy (non-hydrogen) atoms. The van der Waals surface area contributed by atoms with Gasteiger partial charge in [-0.1, -0.05) is 60.1 Å². The number of para-hydroxylation sites is 2. The maximum Gasteiger partial charge on any atom is 0.136 e. The summed E-state index contributed by atoms with van der Waals surface area (Å²) in [6, 6.07) is 30.0. The lowest BCUT2D eigenvalue weighted by atomic mass is 10.0. The fourth-order valence-corrected chi connectivity index (χ4v) is 4.06. The van der Waals surface area contributed by atoms with Crippen molar-refractivity contribution in [1.29, 1.82) is 0 Å². The first kappa shape index (κ1) is 17.2. The van der Waals surface area contributed by atoms with Gasteiger partial charge in [-0.25, -0.2) is 9.97 Å². The number of benzene rings is 4. The molecule has 0 unspecified atom stereocenters. The van der Waals surface area contributed by atoms with Gasteiger partial charge in [0.15, 0.2) is 0 Å². The minimum atomic E-state index is 0.661. The Labute approximate surface area is 177 Å². The van der Waals surface area contributed by atoms with E-state index in [4.69, 9.17) is 26.0 Å². The van der Waals surface area contributed by atoms with Gasteiger partial charge in [0.1, 0.15) is 11.2 Å². The predicted molar refractivity (Wildman–Crippen MR) is 123 cm³/mol. The van der Waals surface area contributed by atoms with Crippen LogP contribution in [0.2, 0.25) is 5.02 Å². The van der Waals surface area contributed by atoms with Crippen molar-refractivity contribution in [2.45, 2.75) is 0 Å². The van der Waals surface area contributed by atoms with E-state index >= 15 is 0 Å². The van der Waals surface area contributed by atoms with Gasteiger partial charge < -0.3 is 4.42 Å². The first-order valence-corrected chi connectivity index (χ1v) is 10.1. The van der Waals surface area contributed by atoms with Crippen LogP contribution in [0.4, 0.5) is 0 Å². The number of halogens is 1. The van der Waals surface area contributed by atoms with E-state index in [9.17, 15) is 0 Å². The standard InChI is InChI=1S/C26H15ClN2O/c27-18-11-13-20-19-12-10-17(14-23(19)30-24(20)15-18)26-25(16-6-2-1-3-7-16)28-21-8-4-5-9-22(21)29-26/h1-15H. The molecule has 6 aromatic rings. The molecule has 0 radical (unpaired) electrons. The van der Waals surface area contributed by atoms with Crippen LogP contribution in [0.1, 0.15) is 0 Å². The molecule has 0 aliphatic rings. The van der Waals surface area contributed by atoms with Crippen LogP contribution in [0.25, 0.3) is 55.5 Å². The van der Waals surface area contributed by atoms with Crippen LogP contribution in [-0.4, -0.2) is 9.97 Å². The summed E-state index contributed by atoms with van der Waals surface area (Å²) >= 11 is 6.14. The fraction of sp³-hybridized carbons (Fsp3) is 0. The second-order valence-electron chi connectivity index (χ2n) is 7.23. The van der Waals surface area contributed by atoms with Crippen LogP contribution >= 0.6 is 11.6 Å². The first-order chi connectivity index (χ1) is 14.8. The van der Waals surface area contributed by atoms with E-state index in [0.29, 0.717) is 5.02 Å². The lowest BCUT2D eigenvalue weighted by molar-refractivity contribution is 0.669. The topological polar surface area (TPSA) is 38.9 Å². The third-order valence-corrected chi connectivity index (χ3v) is 5.56. The van der Waals surface area contributed by atoms with Crippen molar-refractivity contribution >= 4 is 44.6 Å². The first-order valence-electron chi connectivity index (χ1n) is 9.71. The molecule has 0 bridgehead atoms. The summed E-state index contributed by atoms with van der Waals surface area (Å²) in [5.74, 6) is 0. The highest BCUT2D eigenvalue weighted by Crippen LogP contribution is 2.36. The fourth-order valence-electron chi connectivity index (χ4n) is 3.90. The zero-order valence-corrected chi connectivity index (χ0v) is 16.6. The molecule has 6 rings (SSSR count). The summed E-state index contributed by atoms with van der Waals surface area (Å²) in [4.78, 5) is 9.92. The Balaban J connectivity index is 1.63. The normalized spacial score (nSPS) is 11.5. The molecule has 4 heteroatoms. The molecule has 0 fully saturated rings.